The van der Waals surface area contributed by atoms with Gasteiger partial charge in [-0.15, -0.1) is 0 Å². The molecular weight excluding hydrogens is 236 g/mol. The highest BCUT2D eigenvalue weighted by Crippen LogP contribution is 2.28. The Morgan fingerprint density at radius 3 is 2.21 bits per heavy atom. The van der Waals surface area contributed by atoms with Crippen molar-refractivity contribution in [2.75, 3.05) is 7.05 Å². The molecule has 0 aliphatic heterocycles. The van der Waals surface area contributed by atoms with Gasteiger partial charge in [0, 0.05) is 25.6 Å². The first-order valence-corrected chi connectivity index (χ1v) is 8.19. The van der Waals surface area contributed by atoms with E-state index in [0.29, 0.717) is 24.3 Å². The van der Waals surface area contributed by atoms with Crippen molar-refractivity contribution in [3.05, 3.63) is 0 Å². The van der Waals surface area contributed by atoms with Crippen LogP contribution < -0.4 is 5.73 Å². The SMILES string of the molecule is CN(C(=O)C[C@@H]1CCC[C@H]1N)C1CCCCCCC1. The van der Waals surface area contributed by atoms with Gasteiger partial charge in [0.1, 0.15) is 0 Å². The molecule has 110 valence electrons. The maximum absolute atomic E-state index is 12.4. The van der Waals surface area contributed by atoms with E-state index in [0.717, 1.165) is 12.8 Å². The Hall–Kier alpha value is -0.570. The van der Waals surface area contributed by atoms with Crippen LogP contribution in [0.5, 0.6) is 0 Å². The lowest BCUT2D eigenvalue weighted by molar-refractivity contribution is -0.133. The van der Waals surface area contributed by atoms with E-state index >= 15 is 0 Å². The summed E-state index contributed by atoms with van der Waals surface area (Å²) >= 11 is 0. The average Bonchev–Trinajstić information content (AvgIpc) is 2.74. The molecule has 0 aromatic carbocycles. The van der Waals surface area contributed by atoms with Crippen LogP contribution in [0, 0.1) is 5.92 Å². The molecule has 0 radical (unpaired) electrons. The van der Waals surface area contributed by atoms with Crippen molar-refractivity contribution in [1.29, 1.82) is 0 Å². The molecule has 2 fully saturated rings. The van der Waals surface area contributed by atoms with Gasteiger partial charge >= 0.3 is 0 Å². The zero-order chi connectivity index (χ0) is 13.7. The molecule has 2 aliphatic carbocycles. The van der Waals surface area contributed by atoms with Crippen molar-refractivity contribution < 1.29 is 4.79 Å². The zero-order valence-electron chi connectivity index (χ0n) is 12.4. The van der Waals surface area contributed by atoms with Crippen molar-refractivity contribution in [3.8, 4) is 0 Å². The Kier molecular flexibility index (Phi) is 5.68. The molecule has 1 amide bonds. The molecule has 0 spiro atoms. The number of carbonyl (C=O) groups is 1. The van der Waals surface area contributed by atoms with Crippen LogP contribution in [0.3, 0.4) is 0 Å². The number of hydrogen-bond acceptors (Lipinski definition) is 2. The predicted octanol–water partition coefficient (Wildman–Crippen LogP) is 3.08. The molecule has 0 heterocycles. The average molecular weight is 266 g/mol. The van der Waals surface area contributed by atoms with Crippen LogP contribution in [-0.4, -0.2) is 29.9 Å². The lowest BCUT2D eigenvalue weighted by Gasteiger charge is -2.31. The second-order valence-electron chi connectivity index (χ2n) is 6.56. The van der Waals surface area contributed by atoms with Gasteiger partial charge in [-0.2, -0.15) is 0 Å². The van der Waals surface area contributed by atoms with Crippen molar-refractivity contribution in [2.45, 2.75) is 82.7 Å². The highest BCUT2D eigenvalue weighted by Gasteiger charge is 2.29. The number of amides is 1. The lowest BCUT2D eigenvalue weighted by Crippen LogP contribution is -2.39. The molecule has 2 atom stereocenters. The Bertz CT molecular complexity index is 284. The normalized spacial score (nSPS) is 29.8. The summed E-state index contributed by atoms with van der Waals surface area (Å²) in [6.45, 7) is 0. The topological polar surface area (TPSA) is 46.3 Å². The molecule has 19 heavy (non-hydrogen) atoms. The molecule has 0 aromatic rings. The molecule has 0 aromatic heterocycles. The summed E-state index contributed by atoms with van der Waals surface area (Å²) in [5, 5.41) is 0. The number of rotatable bonds is 3. The fourth-order valence-corrected chi connectivity index (χ4v) is 3.71. The van der Waals surface area contributed by atoms with E-state index in [1.165, 1.54) is 51.4 Å². The maximum atomic E-state index is 12.4. The van der Waals surface area contributed by atoms with Crippen molar-refractivity contribution in [2.24, 2.45) is 11.7 Å². The van der Waals surface area contributed by atoms with Gasteiger partial charge in [0.25, 0.3) is 0 Å². The minimum Gasteiger partial charge on any atom is -0.343 e. The molecule has 0 bridgehead atoms. The van der Waals surface area contributed by atoms with E-state index in [2.05, 4.69) is 0 Å². The van der Waals surface area contributed by atoms with Crippen LogP contribution in [0.4, 0.5) is 0 Å². The summed E-state index contributed by atoms with van der Waals surface area (Å²) in [6.07, 6.45) is 13.1. The molecule has 3 nitrogen and oxygen atoms in total. The monoisotopic (exact) mass is 266 g/mol. The minimum absolute atomic E-state index is 0.259. The smallest absolute Gasteiger partial charge is 0.222 e. The highest BCUT2D eigenvalue weighted by molar-refractivity contribution is 5.76. The summed E-state index contributed by atoms with van der Waals surface area (Å²) in [7, 11) is 2.01. The van der Waals surface area contributed by atoms with E-state index in [-0.39, 0.29) is 6.04 Å². The molecular formula is C16H30N2O. The first-order valence-electron chi connectivity index (χ1n) is 8.19. The van der Waals surface area contributed by atoms with Crippen LogP contribution in [0.1, 0.15) is 70.6 Å². The summed E-state index contributed by atoms with van der Waals surface area (Å²) < 4.78 is 0. The molecule has 2 aliphatic rings. The van der Waals surface area contributed by atoms with E-state index in [4.69, 9.17) is 5.73 Å². The number of carbonyl (C=O) groups excluding carboxylic acids is 1. The Morgan fingerprint density at radius 2 is 1.63 bits per heavy atom. The van der Waals surface area contributed by atoms with Crippen LogP contribution in [0.25, 0.3) is 0 Å². The number of nitrogens with zero attached hydrogens (tertiary/aromatic N) is 1. The quantitative estimate of drug-likeness (QED) is 0.853. The predicted molar refractivity (Wildman–Crippen MR) is 78.8 cm³/mol. The molecule has 0 unspecified atom stereocenters. The summed E-state index contributed by atoms with van der Waals surface area (Å²) in [4.78, 5) is 14.5. The first kappa shape index (κ1) is 14.8. The van der Waals surface area contributed by atoms with Gasteiger partial charge in [-0.3, -0.25) is 4.79 Å². The standard InChI is InChI=1S/C16H30N2O/c1-18(14-9-5-3-2-4-6-10-14)16(19)12-13-8-7-11-15(13)17/h13-15H,2-12,17H2,1H3/t13-,15+/m0/s1. The van der Waals surface area contributed by atoms with Gasteiger partial charge in [0.2, 0.25) is 5.91 Å². The summed E-state index contributed by atoms with van der Waals surface area (Å²) in [5.74, 6) is 0.761. The second kappa shape index (κ2) is 7.28. The van der Waals surface area contributed by atoms with E-state index in [9.17, 15) is 4.79 Å². The first-order chi connectivity index (χ1) is 9.18. The lowest BCUT2D eigenvalue weighted by atomic mass is 9.94. The highest BCUT2D eigenvalue weighted by atomic mass is 16.2. The Morgan fingerprint density at radius 1 is 1.00 bits per heavy atom. The van der Waals surface area contributed by atoms with Gasteiger partial charge in [0.15, 0.2) is 0 Å². The maximum Gasteiger partial charge on any atom is 0.222 e. The molecule has 2 N–H and O–H groups in total. The largest absolute Gasteiger partial charge is 0.343 e. The van der Waals surface area contributed by atoms with Gasteiger partial charge < -0.3 is 10.6 Å². The third-order valence-corrected chi connectivity index (χ3v) is 5.17. The van der Waals surface area contributed by atoms with Crippen molar-refractivity contribution >= 4 is 5.91 Å². The number of hydrogen-bond donors (Lipinski definition) is 1. The molecule has 3 heteroatoms. The van der Waals surface area contributed by atoms with Crippen LogP contribution in [0.15, 0.2) is 0 Å². The zero-order valence-corrected chi connectivity index (χ0v) is 12.4. The Balaban J connectivity index is 1.82. The Labute approximate surface area is 117 Å². The van der Waals surface area contributed by atoms with Crippen LogP contribution in [0.2, 0.25) is 0 Å². The van der Waals surface area contributed by atoms with Crippen LogP contribution in [-0.2, 0) is 4.79 Å². The fraction of sp³-hybridized carbons (Fsp3) is 0.938. The van der Waals surface area contributed by atoms with E-state index < -0.39 is 0 Å². The summed E-state index contributed by atoms with van der Waals surface area (Å²) in [6, 6.07) is 0.736. The van der Waals surface area contributed by atoms with Crippen molar-refractivity contribution in [3.63, 3.8) is 0 Å². The van der Waals surface area contributed by atoms with E-state index in [1.807, 2.05) is 11.9 Å². The van der Waals surface area contributed by atoms with E-state index in [1.54, 1.807) is 0 Å². The van der Waals surface area contributed by atoms with Crippen LogP contribution >= 0.6 is 0 Å². The minimum atomic E-state index is 0.259. The van der Waals surface area contributed by atoms with Crippen molar-refractivity contribution in [1.82, 2.24) is 4.90 Å². The fourth-order valence-electron chi connectivity index (χ4n) is 3.71. The third kappa shape index (κ3) is 4.20. The van der Waals surface area contributed by atoms with Gasteiger partial charge in [0.05, 0.1) is 0 Å². The van der Waals surface area contributed by atoms with Gasteiger partial charge in [-0.25, -0.2) is 0 Å². The second-order valence-corrected chi connectivity index (χ2v) is 6.56. The molecule has 2 saturated carbocycles. The molecule has 2 rings (SSSR count). The number of nitrogens with two attached hydrogens (primary N) is 1. The van der Waals surface area contributed by atoms with Gasteiger partial charge in [-0.05, 0) is 31.6 Å². The third-order valence-electron chi connectivity index (χ3n) is 5.17. The van der Waals surface area contributed by atoms with Gasteiger partial charge in [-0.1, -0.05) is 38.5 Å². The summed E-state index contributed by atoms with van der Waals surface area (Å²) in [5.41, 5.74) is 6.08. The molecule has 0 saturated heterocycles.